The summed E-state index contributed by atoms with van der Waals surface area (Å²) in [5.74, 6) is 1.95. The molecule has 0 bridgehead atoms. The maximum atomic E-state index is 12.6. The number of rotatable bonds is 8. The lowest BCUT2D eigenvalue weighted by molar-refractivity contribution is 0.272. The van der Waals surface area contributed by atoms with E-state index in [4.69, 9.17) is 9.47 Å². The fraction of sp³-hybridized carbons (Fsp3) is 0.350. The molecule has 0 aliphatic heterocycles. The smallest absolute Gasteiger partial charge is 0.282 e. The first-order chi connectivity index (χ1) is 13.1. The largest absolute Gasteiger partial charge is 0.490 e. The number of aryl methyl sites for hydroxylation is 1. The van der Waals surface area contributed by atoms with E-state index in [0.717, 1.165) is 29.0 Å². The van der Waals surface area contributed by atoms with Crippen LogP contribution in [0.25, 0.3) is 10.2 Å². The maximum absolute atomic E-state index is 12.6. The number of fused-ring (bicyclic) bond motifs is 1. The minimum atomic E-state index is -0.167. The zero-order chi connectivity index (χ0) is 19.2. The summed E-state index contributed by atoms with van der Waals surface area (Å²) in [6, 6.07) is 7.41. The van der Waals surface area contributed by atoms with Gasteiger partial charge in [-0.05, 0) is 55.5 Å². The number of ether oxygens (including phenoxy) is 2. The Balaban J connectivity index is 1.88. The average molecular weight is 385 g/mol. The molecule has 6 nitrogen and oxygen atoms in total. The van der Waals surface area contributed by atoms with Crippen LogP contribution in [0.4, 0.5) is 0 Å². The van der Waals surface area contributed by atoms with Gasteiger partial charge in [-0.1, -0.05) is 13.3 Å². The van der Waals surface area contributed by atoms with Crippen molar-refractivity contribution in [2.45, 2.75) is 33.6 Å². The third-order valence-corrected chi connectivity index (χ3v) is 4.79. The molecule has 7 heteroatoms. The first-order valence-corrected chi connectivity index (χ1v) is 9.92. The molecule has 3 rings (SSSR count). The maximum Gasteiger partial charge on any atom is 0.282 e. The predicted molar refractivity (Wildman–Crippen MR) is 110 cm³/mol. The molecule has 1 aromatic carbocycles. The van der Waals surface area contributed by atoms with Gasteiger partial charge in [-0.2, -0.15) is 9.78 Å². The molecule has 0 aliphatic carbocycles. The van der Waals surface area contributed by atoms with Crippen molar-refractivity contribution >= 4 is 27.8 Å². The van der Waals surface area contributed by atoms with Gasteiger partial charge in [0.1, 0.15) is 10.7 Å². The predicted octanol–water partition coefficient (Wildman–Crippen LogP) is 4.23. The number of aromatic nitrogens is 2. The third kappa shape index (κ3) is 4.36. The Morgan fingerprint density at radius 1 is 1.22 bits per heavy atom. The average Bonchev–Trinajstić information content (AvgIpc) is 3.12. The molecule has 0 unspecified atom stereocenters. The molecule has 0 saturated heterocycles. The number of nitrogens with zero attached hydrogens (tertiary/aromatic N) is 3. The lowest BCUT2D eigenvalue weighted by atomic mass is 10.2. The zero-order valence-electron chi connectivity index (χ0n) is 15.8. The summed E-state index contributed by atoms with van der Waals surface area (Å²) in [5.41, 5.74) is 0.651. The van der Waals surface area contributed by atoms with Gasteiger partial charge in [0.25, 0.3) is 5.56 Å². The molecule has 0 atom stereocenters. The highest BCUT2D eigenvalue weighted by molar-refractivity contribution is 7.16. The summed E-state index contributed by atoms with van der Waals surface area (Å²) in [5, 5.41) is 6.78. The van der Waals surface area contributed by atoms with Crippen molar-refractivity contribution < 1.29 is 9.47 Å². The lowest BCUT2D eigenvalue weighted by Crippen LogP contribution is -2.19. The van der Waals surface area contributed by atoms with Crippen molar-refractivity contribution in [1.29, 1.82) is 0 Å². The van der Waals surface area contributed by atoms with Crippen LogP contribution in [-0.2, 0) is 0 Å². The van der Waals surface area contributed by atoms with Gasteiger partial charge in [-0.3, -0.25) is 4.79 Å². The number of unbranched alkanes of at least 4 members (excludes halogenated alkanes) is 1. The van der Waals surface area contributed by atoms with Gasteiger partial charge in [0, 0.05) is 0 Å². The second-order valence-corrected chi connectivity index (χ2v) is 6.90. The molecular weight excluding hydrogens is 362 g/mol. The summed E-state index contributed by atoms with van der Waals surface area (Å²) < 4.78 is 12.8. The second-order valence-electron chi connectivity index (χ2n) is 6.00. The van der Waals surface area contributed by atoms with E-state index in [9.17, 15) is 4.79 Å². The highest BCUT2D eigenvalue weighted by Gasteiger charge is 2.09. The molecule has 2 heterocycles. The van der Waals surface area contributed by atoms with E-state index in [0.29, 0.717) is 30.2 Å². The number of hydrogen-bond acceptors (Lipinski definition) is 6. The van der Waals surface area contributed by atoms with Crippen LogP contribution in [0, 0.1) is 6.92 Å². The molecule has 0 N–H and O–H groups in total. The SMILES string of the molecule is CCCCOc1ccc(C=Nn2c(C)nc3sccc3c2=O)cc1OCC. The molecule has 27 heavy (non-hydrogen) atoms. The second kappa shape index (κ2) is 8.81. The lowest BCUT2D eigenvalue weighted by Gasteiger charge is -2.12. The van der Waals surface area contributed by atoms with Crippen molar-refractivity contribution in [3.05, 3.63) is 51.4 Å². The molecule has 0 fully saturated rings. The van der Waals surface area contributed by atoms with Crippen LogP contribution < -0.4 is 15.0 Å². The van der Waals surface area contributed by atoms with Crippen LogP contribution in [0.1, 0.15) is 38.1 Å². The van der Waals surface area contributed by atoms with Crippen molar-refractivity contribution in [2.24, 2.45) is 5.10 Å². The van der Waals surface area contributed by atoms with Crippen LogP contribution in [-0.4, -0.2) is 29.1 Å². The molecule has 3 aromatic rings. The van der Waals surface area contributed by atoms with Gasteiger partial charge in [0.2, 0.25) is 0 Å². The quantitative estimate of drug-likeness (QED) is 0.430. The Kier molecular flexibility index (Phi) is 6.24. The van der Waals surface area contributed by atoms with Crippen LogP contribution in [0.2, 0.25) is 0 Å². The molecule has 0 amide bonds. The topological polar surface area (TPSA) is 65.7 Å². The normalized spacial score (nSPS) is 11.4. The van der Waals surface area contributed by atoms with E-state index >= 15 is 0 Å². The summed E-state index contributed by atoms with van der Waals surface area (Å²) in [6.07, 6.45) is 3.70. The summed E-state index contributed by atoms with van der Waals surface area (Å²) >= 11 is 1.45. The standard InChI is InChI=1S/C20H23N3O3S/c1-4-6-10-26-17-8-7-15(12-18(17)25-5-2)13-21-23-14(3)22-19-16(20(23)24)9-11-27-19/h7-9,11-13H,4-6,10H2,1-3H3. The van der Waals surface area contributed by atoms with Gasteiger partial charge in [0.05, 0.1) is 24.8 Å². The number of thiophene rings is 1. The van der Waals surface area contributed by atoms with Crippen LogP contribution in [0.15, 0.2) is 39.5 Å². The van der Waals surface area contributed by atoms with Crippen molar-refractivity contribution in [3.8, 4) is 11.5 Å². The zero-order valence-corrected chi connectivity index (χ0v) is 16.6. The van der Waals surface area contributed by atoms with Gasteiger partial charge < -0.3 is 9.47 Å². The molecule has 0 aliphatic rings. The Morgan fingerprint density at radius 3 is 2.85 bits per heavy atom. The Morgan fingerprint density at radius 2 is 2.07 bits per heavy atom. The minimum absolute atomic E-state index is 0.167. The Hall–Kier alpha value is -2.67. The van der Waals surface area contributed by atoms with E-state index in [1.165, 1.54) is 16.0 Å². The molecule has 0 radical (unpaired) electrons. The van der Waals surface area contributed by atoms with E-state index in [-0.39, 0.29) is 5.56 Å². The monoisotopic (exact) mass is 385 g/mol. The van der Waals surface area contributed by atoms with Gasteiger partial charge in [0.15, 0.2) is 11.5 Å². The van der Waals surface area contributed by atoms with E-state index in [2.05, 4.69) is 17.0 Å². The fourth-order valence-corrected chi connectivity index (χ4v) is 3.39. The van der Waals surface area contributed by atoms with Crippen LogP contribution in [0.3, 0.4) is 0 Å². The molecule has 2 aromatic heterocycles. The van der Waals surface area contributed by atoms with Crippen molar-refractivity contribution in [2.75, 3.05) is 13.2 Å². The summed E-state index contributed by atoms with van der Waals surface area (Å²) in [4.78, 5) is 17.7. The van der Waals surface area contributed by atoms with Gasteiger partial charge in [-0.25, -0.2) is 4.98 Å². The molecule has 142 valence electrons. The van der Waals surface area contributed by atoms with E-state index in [1.807, 2.05) is 30.5 Å². The molecule has 0 spiro atoms. The highest BCUT2D eigenvalue weighted by Crippen LogP contribution is 2.28. The van der Waals surface area contributed by atoms with E-state index in [1.54, 1.807) is 19.2 Å². The van der Waals surface area contributed by atoms with Crippen LogP contribution in [0.5, 0.6) is 11.5 Å². The Bertz CT molecular complexity index is 1010. The Labute approximate surface area is 162 Å². The summed E-state index contributed by atoms with van der Waals surface area (Å²) in [7, 11) is 0. The highest BCUT2D eigenvalue weighted by atomic mass is 32.1. The number of benzene rings is 1. The first kappa shape index (κ1) is 19.1. The number of hydrogen-bond donors (Lipinski definition) is 0. The summed E-state index contributed by atoms with van der Waals surface area (Å²) in [6.45, 7) is 7.03. The van der Waals surface area contributed by atoms with Crippen molar-refractivity contribution in [3.63, 3.8) is 0 Å². The van der Waals surface area contributed by atoms with Crippen molar-refractivity contribution in [1.82, 2.24) is 9.66 Å². The molecule has 0 saturated carbocycles. The van der Waals surface area contributed by atoms with Gasteiger partial charge >= 0.3 is 0 Å². The fourth-order valence-electron chi connectivity index (χ4n) is 2.59. The van der Waals surface area contributed by atoms with E-state index < -0.39 is 0 Å². The minimum Gasteiger partial charge on any atom is -0.490 e. The van der Waals surface area contributed by atoms with Gasteiger partial charge in [-0.15, -0.1) is 11.3 Å². The third-order valence-electron chi connectivity index (χ3n) is 3.98. The van der Waals surface area contributed by atoms with Crippen LogP contribution >= 0.6 is 11.3 Å². The molecular formula is C20H23N3O3S. The first-order valence-electron chi connectivity index (χ1n) is 9.05.